The molecule has 0 fully saturated rings. The molecule has 0 saturated heterocycles. The van der Waals surface area contributed by atoms with E-state index < -0.39 is 9.84 Å². The zero-order valence-electron chi connectivity index (χ0n) is 9.67. The van der Waals surface area contributed by atoms with Crippen molar-refractivity contribution in [1.29, 1.82) is 0 Å². The molecule has 0 amide bonds. The van der Waals surface area contributed by atoms with Gasteiger partial charge in [-0.25, -0.2) is 8.42 Å². The van der Waals surface area contributed by atoms with Crippen LogP contribution in [0, 0.1) is 0 Å². The number of esters is 1. The van der Waals surface area contributed by atoms with Crippen LogP contribution in [-0.4, -0.2) is 34.4 Å². The molecule has 1 aromatic rings. The van der Waals surface area contributed by atoms with E-state index in [0.717, 1.165) is 6.26 Å². The normalized spacial score (nSPS) is 10.9. The molecule has 0 bridgehead atoms. The number of rotatable bonds is 5. The molecular weight excluding hydrogens is 244 g/mol. The van der Waals surface area contributed by atoms with Gasteiger partial charge in [-0.1, -0.05) is 0 Å². The lowest BCUT2D eigenvalue weighted by Crippen LogP contribution is -2.07. The highest BCUT2D eigenvalue weighted by molar-refractivity contribution is 7.90. The van der Waals surface area contributed by atoms with Gasteiger partial charge in [-0.05, 0) is 24.3 Å². The number of ether oxygens (including phenoxy) is 2. The molecule has 0 unspecified atom stereocenters. The molecule has 0 aliphatic heterocycles. The van der Waals surface area contributed by atoms with Crippen LogP contribution in [0.1, 0.15) is 6.42 Å². The summed E-state index contributed by atoms with van der Waals surface area (Å²) >= 11 is 0. The second kappa shape index (κ2) is 5.67. The summed E-state index contributed by atoms with van der Waals surface area (Å²) in [5.41, 5.74) is 0. The smallest absolute Gasteiger partial charge is 0.308 e. The lowest BCUT2D eigenvalue weighted by atomic mass is 10.3. The molecule has 6 heteroatoms. The zero-order chi connectivity index (χ0) is 12.9. The van der Waals surface area contributed by atoms with Gasteiger partial charge >= 0.3 is 5.97 Å². The number of benzene rings is 1. The Morgan fingerprint density at radius 2 is 1.82 bits per heavy atom. The van der Waals surface area contributed by atoms with E-state index in [0.29, 0.717) is 5.75 Å². The third kappa shape index (κ3) is 4.44. The van der Waals surface area contributed by atoms with Crippen LogP contribution in [0.4, 0.5) is 0 Å². The minimum atomic E-state index is -3.19. The molecular formula is C11H14O5S. The van der Waals surface area contributed by atoms with E-state index in [9.17, 15) is 13.2 Å². The maximum atomic E-state index is 11.2. The number of hydrogen-bond acceptors (Lipinski definition) is 5. The van der Waals surface area contributed by atoms with Gasteiger partial charge < -0.3 is 9.47 Å². The predicted octanol–water partition coefficient (Wildman–Crippen LogP) is 1.03. The minimum absolute atomic E-state index is 0.157. The molecule has 1 rings (SSSR count). The third-order valence-corrected chi connectivity index (χ3v) is 3.18. The van der Waals surface area contributed by atoms with Gasteiger partial charge in [-0.3, -0.25) is 4.79 Å². The molecule has 1 aromatic carbocycles. The Morgan fingerprint density at radius 1 is 1.24 bits per heavy atom. The summed E-state index contributed by atoms with van der Waals surface area (Å²) in [7, 11) is -1.88. The van der Waals surface area contributed by atoms with Gasteiger partial charge in [0, 0.05) is 6.26 Å². The first-order valence-corrected chi connectivity index (χ1v) is 6.82. The predicted molar refractivity (Wildman–Crippen MR) is 61.7 cm³/mol. The van der Waals surface area contributed by atoms with Crippen LogP contribution < -0.4 is 4.74 Å². The van der Waals surface area contributed by atoms with E-state index in [4.69, 9.17) is 4.74 Å². The molecule has 0 radical (unpaired) electrons. The maximum absolute atomic E-state index is 11.2. The van der Waals surface area contributed by atoms with E-state index >= 15 is 0 Å². The Morgan fingerprint density at radius 3 is 2.29 bits per heavy atom. The standard InChI is InChI=1S/C11H14O5S/c1-15-11(12)7-8-16-9-3-5-10(6-4-9)17(2,13)14/h3-6H,7-8H2,1-2H3. The summed E-state index contributed by atoms with van der Waals surface area (Å²) < 4.78 is 32.1. The minimum Gasteiger partial charge on any atom is -0.493 e. The fourth-order valence-electron chi connectivity index (χ4n) is 1.14. The van der Waals surface area contributed by atoms with Gasteiger partial charge in [0.1, 0.15) is 5.75 Å². The average molecular weight is 258 g/mol. The first-order valence-electron chi connectivity index (χ1n) is 4.93. The molecule has 0 saturated carbocycles. The van der Waals surface area contributed by atoms with Crippen molar-refractivity contribution in [3.05, 3.63) is 24.3 Å². The van der Waals surface area contributed by atoms with Crippen molar-refractivity contribution < 1.29 is 22.7 Å². The highest BCUT2D eigenvalue weighted by atomic mass is 32.2. The Balaban J connectivity index is 2.55. The lowest BCUT2D eigenvalue weighted by Gasteiger charge is -2.05. The molecule has 0 heterocycles. The van der Waals surface area contributed by atoms with Crippen molar-refractivity contribution in [2.45, 2.75) is 11.3 Å². The molecule has 17 heavy (non-hydrogen) atoms. The first-order chi connectivity index (χ1) is 7.93. The molecule has 5 nitrogen and oxygen atoms in total. The van der Waals surface area contributed by atoms with Crippen LogP contribution in [0.15, 0.2) is 29.2 Å². The SMILES string of the molecule is COC(=O)CCOc1ccc(S(C)(=O)=O)cc1. The second-order valence-corrected chi connectivity index (χ2v) is 5.43. The fourth-order valence-corrected chi connectivity index (χ4v) is 1.77. The van der Waals surface area contributed by atoms with Crippen LogP contribution in [-0.2, 0) is 19.4 Å². The molecule has 0 atom stereocenters. The average Bonchev–Trinajstić information content (AvgIpc) is 2.28. The Kier molecular flexibility index (Phi) is 4.51. The highest BCUT2D eigenvalue weighted by Crippen LogP contribution is 2.15. The van der Waals surface area contributed by atoms with Crippen molar-refractivity contribution >= 4 is 15.8 Å². The Bertz CT molecular complexity index is 475. The van der Waals surface area contributed by atoms with Gasteiger partial charge in [0.05, 0.1) is 25.0 Å². The highest BCUT2D eigenvalue weighted by Gasteiger charge is 2.06. The van der Waals surface area contributed by atoms with Crippen molar-refractivity contribution in [3.63, 3.8) is 0 Å². The van der Waals surface area contributed by atoms with Crippen molar-refractivity contribution in [1.82, 2.24) is 0 Å². The monoisotopic (exact) mass is 258 g/mol. The van der Waals surface area contributed by atoms with Gasteiger partial charge in [-0.2, -0.15) is 0 Å². The molecule has 94 valence electrons. The third-order valence-electron chi connectivity index (χ3n) is 2.05. The fraction of sp³-hybridized carbons (Fsp3) is 0.364. The molecule has 0 N–H and O–H groups in total. The Hall–Kier alpha value is -1.56. The van der Waals surface area contributed by atoms with Crippen LogP contribution in [0.3, 0.4) is 0 Å². The number of carbonyl (C=O) groups excluding carboxylic acids is 1. The van der Waals surface area contributed by atoms with E-state index in [1.165, 1.54) is 19.2 Å². The van der Waals surface area contributed by atoms with E-state index in [2.05, 4.69) is 4.74 Å². The first kappa shape index (κ1) is 13.5. The number of carbonyl (C=O) groups is 1. The summed E-state index contributed by atoms with van der Waals surface area (Å²) in [4.78, 5) is 11.0. The van der Waals surface area contributed by atoms with Gasteiger partial charge in [0.15, 0.2) is 9.84 Å². The Labute approximate surface area is 100 Å². The number of sulfone groups is 1. The quantitative estimate of drug-likeness (QED) is 0.738. The molecule has 0 spiro atoms. The van der Waals surface area contributed by atoms with Crippen LogP contribution in [0.25, 0.3) is 0 Å². The largest absolute Gasteiger partial charge is 0.493 e. The summed E-state index contributed by atoms with van der Waals surface area (Å²) in [5, 5.41) is 0. The topological polar surface area (TPSA) is 69.7 Å². The van der Waals surface area contributed by atoms with Crippen LogP contribution in [0.2, 0.25) is 0 Å². The van der Waals surface area contributed by atoms with E-state index in [-0.39, 0.29) is 23.9 Å². The summed E-state index contributed by atoms with van der Waals surface area (Å²) in [6, 6.07) is 6.02. The summed E-state index contributed by atoms with van der Waals surface area (Å²) in [6.07, 6.45) is 1.30. The van der Waals surface area contributed by atoms with E-state index in [1.807, 2.05) is 0 Å². The maximum Gasteiger partial charge on any atom is 0.308 e. The van der Waals surface area contributed by atoms with Crippen LogP contribution in [0.5, 0.6) is 5.75 Å². The molecule has 0 aliphatic rings. The zero-order valence-corrected chi connectivity index (χ0v) is 10.5. The van der Waals surface area contributed by atoms with Crippen molar-refractivity contribution in [3.8, 4) is 5.75 Å². The number of hydrogen-bond donors (Lipinski definition) is 0. The van der Waals surface area contributed by atoms with Gasteiger partial charge in [0.25, 0.3) is 0 Å². The van der Waals surface area contributed by atoms with Crippen molar-refractivity contribution in [2.75, 3.05) is 20.0 Å². The summed E-state index contributed by atoms with van der Waals surface area (Å²) in [6.45, 7) is 0.199. The second-order valence-electron chi connectivity index (χ2n) is 3.42. The lowest BCUT2D eigenvalue weighted by molar-refractivity contribution is -0.141. The van der Waals surface area contributed by atoms with Gasteiger partial charge in [-0.15, -0.1) is 0 Å². The van der Waals surface area contributed by atoms with Crippen LogP contribution >= 0.6 is 0 Å². The van der Waals surface area contributed by atoms with Crippen molar-refractivity contribution in [2.24, 2.45) is 0 Å². The number of methoxy groups -OCH3 is 1. The summed E-state index contributed by atoms with van der Waals surface area (Å²) in [5.74, 6) is 0.166. The van der Waals surface area contributed by atoms with E-state index in [1.54, 1.807) is 12.1 Å². The molecule has 0 aromatic heterocycles. The van der Waals surface area contributed by atoms with Gasteiger partial charge in [0.2, 0.25) is 0 Å². The molecule has 0 aliphatic carbocycles.